The van der Waals surface area contributed by atoms with Crippen LogP contribution in [0.5, 0.6) is 0 Å². The van der Waals surface area contributed by atoms with Gasteiger partial charge in [-0.05, 0) is 24.1 Å². The first kappa shape index (κ1) is 14.5. The first-order valence-corrected chi connectivity index (χ1v) is 7.13. The Balaban J connectivity index is 1.92. The lowest BCUT2D eigenvalue weighted by Gasteiger charge is -2.13. The van der Waals surface area contributed by atoms with Crippen LogP contribution in [0.3, 0.4) is 0 Å². The molecule has 0 radical (unpaired) electrons. The summed E-state index contributed by atoms with van der Waals surface area (Å²) in [6.45, 7) is 0.530. The molecule has 1 aliphatic rings. The third-order valence-corrected chi connectivity index (χ3v) is 3.77. The SMILES string of the molecule is COC(CN=C1CCC(c2ccc(Br)cc2)N1)OC. The second-order valence-electron chi connectivity index (χ2n) is 4.48. The molecule has 2 rings (SSSR count). The van der Waals surface area contributed by atoms with Crippen LogP contribution in [-0.4, -0.2) is 32.9 Å². The van der Waals surface area contributed by atoms with Gasteiger partial charge in [-0.2, -0.15) is 0 Å². The second-order valence-corrected chi connectivity index (χ2v) is 5.39. The molecule has 104 valence electrons. The Morgan fingerprint density at radius 2 is 2.00 bits per heavy atom. The molecule has 1 aromatic carbocycles. The predicted octanol–water partition coefficient (Wildman–Crippen LogP) is 2.89. The molecule has 19 heavy (non-hydrogen) atoms. The van der Waals surface area contributed by atoms with E-state index in [1.165, 1.54) is 5.56 Å². The Bertz CT molecular complexity index is 430. The highest BCUT2D eigenvalue weighted by Gasteiger charge is 2.21. The molecule has 0 aromatic heterocycles. The zero-order chi connectivity index (χ0) is 13.7. The van der Waals surface area contributed by atoms with Crippen molar-refractivity contribution >= 4 is 21.8 Å². The van der Waals surface area contributed by atoms with Gasteiger partial charge in [0.15, 0.2) is 6.29 Å². The Labute approximate surface area is 122 Å². The number of rotatable bonds is 5. The van der Waals surface area contributed by atoms with Crippen molar-refractivity contribution in [2.24, 2.45) is 4.99 Å². The molecule has 5 heteroatoms. The molecule has 0 aliphatic carbocycles. The van der Waals surface area contributed by atoms with Crippen molar-refractivity contribution in [3.8, 4) is 0 Å². The summed E-state index contributed by atoms with van der Waals surface area (Å²) in [5.74, 6) is 1.03. The normalized spacial score (nSPS) is 21.1. The number of methoxy groups -OCH3 is 2. The van der Waals surface area contributed by atoms with Crippen molar-refractivity contribution in [3.63, 3.8) is 0 Å². The second kappa shape index (κ2) is 7.03. The molecule has 4 nitrogen and oxygen atoms in total. The van der Waals surface area contributed by atoms with E-state index < -0.39 is 0 Å². The molecule has 1 atom stereocenters. The summed E-state index contributed by atoms with van der Waals surface area (Å²) < 4.78 is 11.3. The molecule has 1 aliphatic heterocycles. The zero-order valence-electron chi connectivity index (χ0n) is 11.2. The monoisotopic (exact) mass is 326 g/mol. The lowest BCUT2D eigenvalue weighted by Crippen LogP contribution is -2.22. The maximum atomic E-state index is 5.12. The topological polar surface area (TPSA) is 42.8 Å². The van der Waals surface area contributed by atoms with E-state index in [0.717, 1.165) is 23.1 Å². The number of benzene rings is 1. The fourth-order valence-electron chi connectivity index (χ4n) is 2.13. The van der Waals surface area contributed by atoms with E-state index in [1.807, 2.05) is 0 Å². The van der Waals surface area contributed by atoms with Gasteiger partial charge in [-0.15, -0.1) is 0 Å². The highest BCUT2D eigenvalue weighted by atomic mass is 79.9. The van der Waals surface area contributed by atoms with Crippen LogP contribution < -0.4 is 5.32 Å². The molecular weight excluding hydrogens is 308 g/mol. The molecule has 0 bridgehead atoms. The highest BCUT2D eigenvalue weighted by Crippen LogP contribution is 2.25. The van der Waals surface area contributed by atoms with Gasteiger partial charge in [-0.1, -0.05) is 28.1 Å². The van der Waals surface area contributed by atoms with Crippen molar-refractivity contribution in [2.45, 2.75) is 25.2 Å². The van der Waals surface area contributed by atoms with E-state index in [9.17, 15) is 0 Å². The number of nitrogens with zero attached hydrogens (tertiary/aromatic N) is 1. The van der Waals surface area contributed by atoms with Crippen LogP contribution in [0.4, 0.5) is 0 Å². The molecule has 0 spiro atoms. The third-order valence-electron chi connectivity index (χ3n) is 3.24. The van der Waals surface area contributed by atoms with Gasteiger partial charge >= 0.3 is 0 Å². The van der Waals surface area contributed by atoms with Crippen molar-refractivity contribution in [1.29, 1.82) is 0 Å². The zero-order valence-corrected chi connectivity index (χ0v) is 12.8. The van der Waals surface area contributed by atoms with Crippen LogP contribution in [0.25, 0.3) is 0 Å². The maximum Gasteiger partial charge on any atom is 0.176 e. The van der Waals surface area contributed by atoms with Gasteiger partial charge in [0.25, 0.3) is 0 Å². The Morgan fingerprint density at radius 3 is 2.63 bits per heavy atom. The average molecular weight is 327 g/mol. The van der Waals surface area contributed by atoms with Crippen LogP contribution in [0.15, 0.2) is 33.7 Å². The van der Waals surface area contributed by atoms with Crippen LogP contribution >= 0.6 is 15.9 Å². The van der Waals surface area contributed by atoms with Crippen LogP contribution in [0, 0.1) is 0 Å². The standard InChI is InChI=1S/C14H19BrN2O2/c1-18-14(19-2)9-16-13-8-7-12(17-13)10-3-5-11(15)6-4-10/h3-6,12,14H,7-9H2,1-2H3,(H,16,17). The first-order valence-electron chi connectivity index (χ1n) is 6.34. The van der Waals surface area contributed by atoms with Gasteiger partial charge in [-0.25, -0.2) is 0 Å². The minimum Gasteiger partial charge on any atom is -0.367 e. The molecule has 1 unspecified atom stereocenters. The van der Waals surface area contributed by atoms with Gasteiger partial charge in [-0.3, -0.25) is 4.99 Å². The summed E-state index contributed by atoms with van der Waals surface area (Å²) >= 11 is 3.45. The maximum absolute atomic E-state index is 5.12. The molecule has 0 saturated carbocycles. The van der Waals surface area contributed by atoms with Gasteiger partial charge in [0.2, 0.25) is 0 Å². The number of nitrogens with one attached hydrogen (secondary N) is 1. The quantitative estimate of drug-likeness (QED) is 0.846. The third kappa shape index (κ3) is 4.03. The number of amidine groups is 1. The van der Waals surface area contributed by atoms with E-state index >= 15 is 0 Å². The van der Waals surface area contributed by atoms with Gasteiger partial charge in [0.1, 0.15) is 0 Å². The Kier molecular flexibility index (Phi) is 5.36. The van der Waals surface area contributed by atoms with Crippen LogP contribution in [0.2, 0.25) is 0 Å². The van der Waals surface area contributed by atoms with Crippen molar-refractivity contribution in [2.75, 3.05) is 20.8 Å². The first-order chi connectivity index (χ1) is 9.22. The highest BCUT2D eigenvalue weighted by molar-refractivity contribution is 9.10. The summed E-state index contributed by atoms with van der Waals surface area (Å²) in [5, 5.41) is 3.45. The summed E-state index contributed by atoms with van der Waals surface area (Å²) in [6, 6.07) is 8.77. The minimum absolute atomic E-state index is 0.263. The van der Waals surface area contributed by atoms with Crippen molar-refractivity contribution in [3.05, 3.63) is 34.3 Å². The summed E-state index contributed by atoms with van der Waals surface area (Å²) in [7, 11) is 3.25. The fraction of sp³-hybridized carbons (Fsp3) is 0.500. The summed E-state index contributed by atoms with van der Waals surface area (Å²) in [4.78, 5) is 4.50. The molecule has 1 heterocycles. The average Bonchev–Trinajstić information content (AvgIpc) is 2.89. The molecular formula is C14H19BrN2O2. The number of halogens is 1. The Hall–Kier alpha value is -0.910. The molecule has 1 fully saturated rings. The van der Waals surface area contributed by atoms with Gasteiger partial charge in [0, 0.05) is 25.1 Å². The molecule has 1 aromatic rings. The van der Waals surface area contributed by atoms with Gasteiger partial charge in [0.05, 0.1) is 18.4 Å². The molecule has 1 saturated heterocycles. The smallest absolute Gasteiger partial charge is 0.176 e. The van der Waals surface area contributed by atoms with Crippen molar-refractivity contribution < 1.29 is 9.47 Å². The van der Waals surface area contributed by atoms with Gasteiger partial charge < -0.3 is 14.8 Å². The largest absolute Gasteiger partial charge is 0.367 e. The van der Waals surface area contributed by atoms with E-state index in [0.29, 0.717) is 12.6 Å². The van der Waals surface area contributed by atoms with E-state index in [-0.39, 0.29) is 6.29 Å². The lowest BCUT2D eigenvalue weighted by molar-refractivity contribution is -0.0937. The minimum atomic E-state index is -0.263. The Morgan fingerprint density at radius 1 is 1.32 bits per heavy atom. The molecule has 0 amide bonds. The molecule has 1 N–H and O–H groups in total. The van der Waals surface area contributed by atoms with Crippen LogP contribution in [-0.2, 0) is 9.47 Å². The summed E-state index contributed by atoms with van der Waals surface area (Å²) in [5.41, 5.74) is 1.29. The van der Waals surface area contributed by atoms with E-state index in [1.54, 1.807) is 14.2 Å². The van der Waals surface area contributed by atoms with Crippen molar-refractivity contribution in [1.82, 2.24) is 5.32 Å². The number of hydrogen-bond acceptors (Lipinski definition) is 3. The fourth-order valence-corrected chi connectivity index (χ4v) is 2.39. The number of aliphatic imine (C=N–C) groups is 1. The summed E-state index contributed by atoms with van der Waals surface area (Å²) in [6.07, 6.45) is 1.78. The predicted molar refractivity (Wildman–Crippen MR) is 79.4 cm³/mol. The number of hydrogen-bond donors (Lipinski definition) is 1. The number of ether oxygens (including phenoxy) is 2. The lowest BCUT2D eigenvalue weighted by atomic mass is 10.1. The van der Waals surface area contributed by atoms with E-state index in [2.05, 4.69) is 50.5 Å². The van der Waals surface area contributed by atoms with E-state index in [4.69, 9.17) is 9.47 Å². The van der Waals surface area contributed by atoms with Crippen LogP contribution in [0.1, 0.15) is 24.4 Å².